The topological polar surface area (TPSA) is 29.3 Å². The number of hydrogen-bond acceptors (Lipinski definition) is 3. The van der Waals surface area contributed by atoms with Gasteiger partial charge < -0.3 is 5.73 Å². The molecule has 0 aliphatic carbocycles. The van der Waals surface area contributed by atoms with E-state index in [0.29, 0.717) is 18.0 Å². The normalized spacial score (nSPS) is 15.4. The summed E-state index contributed by atoms with van der Waals surface area (Å²) < 4.78 is 0. The van der Waals surface area contributed by atoms with Crippen molar-refractivity contribution in [2.24, 2.45) is 11.7 Å². The van der Waals surface area contributed by atoms with Crippen LogP contribution in [0.3, 0.4) is 0 Å². The summed E-state index contributed by atoms with van der Waals surface area (Å²) in [5.74, 6) is 0.667. The summed E-state index contributed by atoms with van der Waals surface area (Å²) >= 11 is 1.77. The Kier molecular flexibility index (Phi) is 7.05. The third-order valence-corrected chi connectivity index (χ3v) is 4.43. The van der Waals surface area contributed by atoms with Gasteiger partial charge in [0.05, 0.1) is 6.04 Å². The van der Waals surface area contributed by atoms with Crippen LogP contribution in [0.25, 0.3) is 0 Å². The van der Waals surface area contributed by atoms with Crippen LogP contribution in [0.2, 0.25) is 0 Å². The van der Waals surface area contributed by atoms with E-state index in [-0.39, 0.29) is 6.04 Å². The second-order valence-corrected chi connectivity index (χ2v) is 6.70. The fraction of sp³-hybridized carbons (Fsp3) is 0.750. The first-order valence-corrected chi connectivity index (χ1v) is 8.48. The zero-order valence-corrected chi connectivity index (χ0v) is 13.9. The molecular weight excluding hydrogens is 252 g/mol. The molecule has 2 atom stereocenters. The Hall–Kier alpha value is -0.380. The molecular formula is C16H30N2S. The molecule has 0 amide bonds. The van der Waals surface area contributed by atoms with Crippen molar-refractivity contribution in [2.45, 2.75) is 65.6 Å². The highest BCUT2D eigenvalue weighted by Gasteiger charge is 2.29. The SMILES string of the molecule is CCC(CC)N(CC(C)C)C(c1ccsc1)C(C)N. The van der Waals surface area contributed by atoms with Gasteiger partial charge in [-0.15, -0.1) is 0 Å². The summed E-state index contributed by atoms with van der Waals surface area (Å²) in [7, 11) is 0. The van der Waals surface area contributed by atoms with Crippen molar-refractivity contribution in [1.29, 1.82) is 0 Å². The molecule has 0 bridgehead atoms. The zero-order chi connectivity index (χ0) is 14.4. The van der Waals surface area contributed by atoms with E-state index < -0.39 is 0 Å². The van der Waals surface area contributed by atoms with Gasteiger partial charge in [0.2, 0.25) is 0 Å². The summed E-state index contributed by atoms with van der Waals surface area (Å²) in [6, 6.07) is 3.36. The minimum absolute atomic E-state index is 0.161. The Bertz CT molecular complexity index is 329. The molecule has 0 spiro atoms. The maximum absolute atomic E-state index is 6.31. The molecule has 0 aliphatic heterocycles. The third kappa shape index (κ3) is 4.59. The van der Waals surface area contributed by atoms with Gasteiger partial charge in [-0.1, -0.05) is 27.7 Å². The van der Waals surface area contributed by atoms with Gasteiger partial charge in [0.25, 0.3) is 0 Å². The Balaban J connectivity index is 3.03. The van der Waals surface area contributed by atoms with E-state index in [1.54, 1.807) is 11.3 Å². The van der Waals surface area contributed by atoms with Crippen molar-refractivity contribution in [3.63, 3.8) is 0 Å². The molecule has 3 heteroatoms. The van der Waals surface area contributed by atoms with Crippen LogP contribution >= 0.6 is 11.3 Å². The first kappa shape index (κ1) is 16.7. The summed E-state index contributed by atoms with van der Waals surface area (Å²) in [5, 5.41) is 4.41. The standard InChI is InChI=1S/C16H30N2S/c1-6-15(7-2)18(10-12(3)4)16(13(5)17)14-8-9-19-11-14/h8-9,11-13,15-16H,6-7,10,17H2,1-5H3. The van der Waals surface area contributed by atoms with E-state index in [2.05, 4.69) is 56.3 Å². The van der Waals surface area contributed by atoms with Crippen molar-refractivity contribution in [3.05, 3.63) is 22.4 Å². The predicted octanol–water partition coefficient (Wildman–Crippen LogP) is 4.28. The number of hydrogen-bond donors (Lipinski definition) is 1. The molecule has 1 rings (SSSR count). The molecule has 1 aromatic heterocycles. The first-order valence-electron chi connectivity index (χ1n) is 7.54. The molecule has 1 aromatic rings. The quantitative estimate of drug-likeness (QED) is 0.771. The highest BCUT2D eigenvalue weighted by Crippen LogP contribution is 2.30. The fourth-order valence-corrected chi connectivity index (χ4v) is 3.60. The van der Waals surface area contributed by atoms with Crippen LogP contribution in [-0.4, -0.2) is 23.5 Å². The van der Waals surface area contributed by atoms with Crippen molar-refractivity contribution < 1.29 is 0 Å². The fourth-order valence-electron chi connectivity index (χ4n) is 2.91. The maximum Gasteiger partial charge on any atom is 0.0507 e. The minimum atomic E-state index is 0.161. The summed E-state index contributed by atoms with van der Waals surface area (Å²) in [6.07, 6.45) is 2.38. The molecule has 19 heavy (non-hydrogen) atoms. The van der Waals surface area contributed by atoms with Crippen LogP contribution in [0.4, 0.5) is 0 Å². The van der Waals surface area contributed by atoms with E-state index in [1.807, 2.05) is 0 Å². The van der Waals surface area contributed by atoms with Gasteiger partial charge >= 0.3 is 0 Å². The lowest BCUT2D eigenvalue weighted by atomic mass is 9.96. The van der Waals surface area contributed by atoms with Gasteiger partial charge in [-0.05, 0) is 48.1 Å². The monoisotopic (exact) mass is 282 g/mol. The van der Waals surface area contributed by atoms with Crippen molar-refractivity contribution in [1.82, 2.24) is 4.90 Å². The molecule has 2 unspecified atom stereocenters. The summed E-state index contributed by atoms with van der Waals surface area (Å²) in [6.45, 7) is 12.4. The number of rotatable bonds is 8. The Morgan fingerprint density at radius 1 is 1.21 bits per heavy atom. The summed E-state index contributed by atoms with van der Waals surface area (Å²) in [4.78, 5) is 2.64. The largest absolute Gasteiger partial charge is 0.326 e. The molecule has 2 nitrogen and oxygen atoms in total. The molecule has 0 aromatic carbocycles. The van der Waals surface area contributed by atoms with Crippen LogP contribution in [0.5, 0.6) is 0 Å². The Morgan fingerprint density at radius 3 is 2.21 bits per heavy atom. The lowest BCUT2D eigenvalue weighted by molar-refractivity contribution is 0.0957. The van der Waals surface area contributed by atoms with Crippen LogP contribution < -0.4 is 5.73 Å². The van der Waals surface area contributed by atoms with E-state index in [0.717, 1.165) is 6.54 Å². The number of nitrogens with zero attached hydrogens (tertiary/aromatic N) is 1. The van der Waals surface area contributed by atoms with Gasteiger partial charge in [-0.3, -0.25) is 4.90 Å². The maximum atomic E-state index is 6.31. The van der Waals surface area contributed by atoms with E-state index in [9.17, 15) is 0 Å². The highest BCUT2D eigenvalue weighted by molar-refractivity contribution is 7.07. The number of nitrogens with two attached hydrogens (primary N) is 1. The molecule has 0 fully saturated rings. The molecule has 0 radical (unpaired) electrons. The van der Waals surface area contributed by atoms with Gasteiger partial charge in [0, 0.05) is 18.6 Å². The number of thiophene rings is 1. The molecule has 2 N–H and O–H groups in total. The van der Waals surface area contributed by atoms with Crippen molar-refractivity contribution in [3.8, 4) is 0 Å². The second-order valence-electron chi connectivity index (χ2n) is 5.92. The van der Waals surface area contributed by atoms with Gasteiger partial charge in [-0.25, -0.2) is 0 Å². The zero-order valence-electron chi connectivity index (χ0n) is 13.1. The lowest BCUT2D eigenvalue weighted by Gasteiger charge is -2.40. The van der Waals surface area contributed by atoms with E-state index in [4.69, 9.17) is 5.73 Å². The van der Waals surface area contributed by atoms with Crippen LogP contribution in [-0.2, 0) is 0 Å². The van der Waals surface area contributed by atoms with Crippen LogP contribution in [0.15, 0.2) is 16.8 Å². The molecule has 1 heterocycles. The lowest BCUT2D eigenvalue weighted by Crippen LogP contribution is -2.46. The van der Waals surface area contributed by atoms with Crippen LogP contribution in [0.1, 0.15) is 59.1 Å². The Morgan fingerprint density at radius 2 is 1.84 bits per heavy atom. The van der Waals surface area contributed by atoms with Crippen molar-refractivity contribution in [2.75, 3.05) is 6.54 Å². The van der Waals surface area contributed by atoms with Crippen LogP contribution in [0, 0.1) is 5.92 Å². The average Bonchev–Trinajstić information content (AvgIpc) is 2.83. The van der Waals surface area contributed by atoms with Gasteiger partial charge in [0.15, 0.2) is 0 Å². The average molecular weight is 282 g/mol. The smallest absolute Gasteiger partial charge is 0.0507 e. The molecule has 110 valence electrons. The van der Waals surface area contributed by atoms with Crippen molar-refractivity contribution >= 4 is 11.3 Å². The first-order chi connectivity index (χ1) is 9.01. The minimum Gasteiger partial charge on any atom is -0.326 e. The third-order valence-electron chi connectivity index (χ3n) is 3.73. The Labute approximate surface area is 123 Å². The molecule has 0 saturated carbocycles. The molecule has 0 aliphatic rings. The predicted molar refractivity (Wildman–Crippen MR) is 86.6 cm³/mol. The summed E-state index contributed by atoms with van der Waals surface area (Å²) in [5.41, 5.74) is 7.70. The highest BCUT2D eigenvalue weighted by atomic mass is 32.1. The van der Waals surface area contributed by atoms with E-state index in [1.165, 1.54) is 18.4 Å². The van der Waals surface area contributed by atoms with E-state index >= 15 is 0 Å². The molecule has 0 saturated heterocycles. The second kappa shape index (κ2) is 8.03. The van der Waals surface area contributed by atoms with Gasteiger partial charge in [0.1, 0.15) is 0 Å². The van der Waals surface area contributed by atoms with Gasteiger partial charge in [-0.2, -0.15) is 11.3 Å².